The molecule has 0 fully saturated rings. The molecule has 5 heteroatoms. The normalized spacial score (nSPS) is 17.9. The van der Waals surface area contributed by atoms with E-state index in [4.69, 9.17) is 22.8 Å². The van der Waals surface area contributed by atoms with E-state index < -0.39 is 6.72 Å². The molecule has 0 aromatic heterocycles. The fourth-order valence-electron chi connectivity index (χ4n) is 0.192. The molecule has 1 atom stereocenters. The summed E-state index contributed by atoms with van der Waals surface area (Å²) in [5, 5.41) is 0. The van der Waals surface area contributed by atoms with Gasteiger partial charge in [-0.1, -0.05) is 0 Å². The van der Waals surface area contributed by atoms with Crippen molar-refractivity contribution in [1.82, 2.24) is 0 Å². The van der Waals surface area contributed by atoms with Gasteiger partial charge in [-0.2, -0.15) is 0 Å². The Morgan fingerprint density at radius 2 is 2.25 bits per heavy atom. The maximum absolute atomic E-state index is 10.6. The Bertz CT molecular complexity index is 105. The fourth-order valence-corrected chi connectivity index (χ4v) is 1.76. The lowest BCUT2D eigenvalue weighted by Crippen LogP contribution is -1.85. The van der Waals surface area contributed by atoms with Crippen molar-refractivity contribution in [3.05, 3.63) is 0 Å². The van der Waals surface area contributed by atoms with E-state index in [1.165, 1.54) is 7.11 Å². The van der Waals surface area contributed by atoms with Crippen LogP contribution in [0.5, 0.6) is 0 Å². The molecule has 0 saturated heterocycles. The van der Waals surface area contributed by atoms with Gasteiger partial charge >= 0.3 is 0 Å². The highest BCUT2D eigenvalue weighted by molar-refractivity contribution is 7.85. The van der Waals surface area contributed by atoms with E-state index in [9.17, 15) is 4.57 Å². The third kappa shape index (κ3) is 3.73. The summed E-state index contributed by atoms with van der Waals surface area (Å²) in [5.41, 5.74) is 0. The number of rotatable bonds is 3. The highest BCUT2D eigenvalue weighted by Gasteiger charge is 2.14. The second kappa shape index (κ2) is 3.73. The largest absolute Gasteiger partial charge is 0.321 e. The van der Waals surface area contributed by atoms with Gasteiger partial charge in [-0.25, -0.2) is 0 Å². The third-order valence-corrected chi connectivity index (χ3v) is 3.30. The van der Waals surface area contributed by atoms with E-state index in [0.717, 1.165) is 0 Å². The molecular weight excluding hydrogens is 170 g/mol. The van der Waals surface area contributed by atoms with Gasteiger partial charge in [-0.05, 0) is 11.2 Å². The molecule has 0 rings (SSSR count). The highest BCUT2D eigenvalue weighted by atomic mass is 35.7. The first-order valence-electron chi connectivity index (χ1n) is 2.03. The van der Waals surface area contributed by atoms with Gasteiger partial charge in [0.1, 0.15) is 0 Å². The first-order chi connectivity index (χ1) is 3.62. The first kappa shape index (κ1) is 8.77. The fraction of sp³-hybridized carbons (Fsp3) is 1.00. The van der Waals surface area contributed by atoms with Gasteiger partial charge in [0.2, 0.25) is 0 Å². The third-order valence-electron chi connectivity index (χ3n) is 0.624. The minimum atomic E-state index is -2.83. The van der Waals surface area contributed by atoms with Crippen molar-refractivity contribution in [2.24, 2.45) is 0 Å². The van der Waals surface area contributed by atoms with Crippen molar-refractivity contribution in [3.8, 4) is 0 Å². The molecule has 0 aliphatic heterocycles. The molecule has 0 heterocycles. The predicted molar refractivity (Wildman–Crippen MR) is 36.1 cm³/mol. The van der Waals surface area contributed by atoms with Gasteiger partial charge in [0.25, 0.3) is 6.72 Å². The quantitative estimate of drug-likeness (QED) is 0.488. The second-order valence-electron chi connectivity index (χ2n) is 1.19. The van der Waals surface area contributed by atoms with Crippen LogP contribution in [0.3, 0.4) is 0 Å². The summed E-state index contributed by atoms with van der Waals surface area (Å²) in [6.07, 6.45) is 0.229. The van der Waals surface area contributed by atoms with Crippen LogP contribution in [0.1, 0.15) is 0 Å². The zero-order valence-electron chi connectivity index (χ0n) is 4.43. The summed E-state index contributed by atoms with van der Waals surface area (Å²) in [6, 6.07) is 0. The van der Waals surface area contributed by atoms with Crippen LogP contribution in [0.25, 0.3) is 0 Å². The molecule has 2 nitrogen and oxygen atoms in total. The molecule has 0 aliphatic rings. The van der Waals surface area contributed by atoms with Gasteiger partial charge in [-0.15, -0.1) is 11.6 Å². The molecule has 8 heavy (non-hydrogen) atoms. The molecule has 0 aromatic rings. The van der Waals surface area contributed by atoms with Gasteiger partial charge in [0, 0.05) is 13.0 Å². The molecule has 50 valence electrons. The van der Waals surface area contributed by atoms with Crippen molar-refractivity contribution in [2.45, 2.75) is 0 Å². The monoisotopic (exact) mass is 176 g/mol. The summed E-state index contributed by atoms with van der Waals surface area (Å²) in [4.78, 5) is 0. The minimum absolute atomic E-state index is 0.229. The van der Waals surface area contributed by atoms with Crippen molar-refractivity contribution in [2.75, 3.05) is 19.2 Å². The van der Waals surface area contributed by atoms with E-state index in [0.29, 0.717) is 0 Å². The Morgan fingerprint density at radius 3 is 2.38 bits per heavy atom. The van der Waals surface area contributed by atoms with Crippen molar-refractivity contribution in [1.29, 1.82) is 0 Å². The average Bonchev–Trinajstić information content (AvgIpc) is 1.67. The Kier molecular flexibility index (Phi) is 4.09. The molecule has 0 amide bonds. The highest BCUT2D eigenvalue weighted by Crippen LogP contribution is 2.51. The summed E-state index contributed by atoms with van der Waals surface area (Å²) >= 11 is 10.5. The SMILES string of the molecule is COP(=O)(Cl)CCCl. The molecular formula is C3H7Cl2O2P. The van der Waals surface area contributed by atoms with Crippen LogP contribution in [0.2, 0.25) is 0 Å². The molecule has 0 spiro atoms. The molecule has 0 saturated carbocycles. The van der Waals surface area contributed by atoms with Gasteiger partial charge in [-0.3, -0.25) is 4.57 Å². The van der Waals surface area contributed by atoms with Crippen LogP contribution in [-0.2, 0) is 9.09 Å². The number of halogens is 2. The van der Waals surface area contributed by atoms with Gasteiger partial charge < -0.3 is 4.52 Å². The van der Waals surface area contributed by atoms with Crippen molar-refractivity contribution in [3.63, 3.8) is 0 Å². The Morgan fingerprint density at radius 1 is 1.75 bits per heavy atom. The van der Waals surface area contributed by atoms with Crippen LogP contribution in [0.15, 0.2) is 0 Å². The first-order valence-corrected chi connectivity index (χ1v) is 5.28. The lowest BCUT2D eigenvalue weighted by atomic mass is 11.0. The average molecular weight is 177 g/mol. The number of hydrogen-bond acceptors (Lipinski definition) is 2. The zero-order chi connectivity index (χ0) is 6.62. The Hall–Kier alpha value is 0.770. The molecule has 0 aromatic carbocycles. The van der Waals surface area contributed by atoms with E-state index in [1.807, 2.05) is 0 Å². The van der Waals surface area contributed by atoms with Gasteiger partial charge in [0.05, 0.1) is 6.16 Å². The summed E-state index contributed by atoms with van der Waals surface area (Å²) < 4.78 is 15.1. The number of hydrogen-bond donors (Lipinski definition) is 0. The molecule has 0 N–H and O–H groups in total. The standard InChI is InChI=1S/C3H7Cl2O2P/c1-7-8(5,6)3-2-4/h2-3H2,1H3. The van der Waals surface area contributed by atoms with Crippen LogP contribution in [0, 0.1) is 0 Å². The lowest BCUT2D eigenvalue weighted by molar-refractivity contribution is 0.409. The minimum Gasteiger partial charge on any atom is -0.321 e. The molecule has 0 radical (unpaired) electrons. The molecule has 1 unspecified atom stereocenters. The van der Waals surface area contributed by atoms with E-state index in [-0.39, 0.29) is 12.0 Å². The van der Waals surface area contributed by atoms with Crippen LogP contribution < -0.4 is 0 Å². The van der Waals surface area contributed by atoms with E-state index >= 15 is 0 Å². The summed E-state index contributed by atoms with van der Waals surface area (Å²) in [7, 11) is 1.31. The van der Waals surface area contributed by atoms with Crippen molar-refractivity contribution >= 4 is 29.6 Å². The Labute approximate surface area is 58.4 Å². The van der Waals surface area contributed by atoms with Crippen LogP contribution in [-0.4, -0.2) is 19.2 Å². The smallest absolute Gasteiger partial charge is 0.291 e. The van der Waals surface area contributed by atoms with E-state index in [2.05, 4.69) is 4.52 Å². The van der Waals surface area contributed by atoms with Crippen LogP contribution >= 0.6 is 29.6 Å². The van der Waals surface area contributed by atoms with Gasteiger partial charge in [0.15, 0.2) is 0 Å². The number of alkyl halides is 1. The topological polar surface area (TPSA) is 26.3 Å². The summed E-state index contributed by atoms with van der Waals surface area (Å²) in [5.74, 6) is 0.272. The lowest BCUT2D eigenvalue weighted by Gasteiger charge is -2.02. The summed E-state index contributed by atoms with van der Waals surface area (Å²) in [6.45, 7) is -2.83. The van der Waals surface area contributed by atoms with Crippen molar-refractivity contribution < 1.29 is 9.09 Å². The second-order valence-corrected chi connectivity index (χ2v) is 5.10. The molecule has 0 bridgehead atoms. The maximum atomic E-state index is 10.6. The Balaban J connectivity index is 3.55. The predicted octanol–water partition coefficient (Wildman–Crippen LogP) is 2.30. The van der Waals surface area contributed by atoms with Crippen LogP contribution in [0.4, 0.5) is 0 Å². The van der Waals surface area contributed by atoms with E-state index in [1.54, 1.807) is 0 Å². The molecule has 0 aliphatic carbocycles. The maximum Gasteiger partial charge on any atom is 0.291 e. The zero-order valence-corrected chi connectivity index (χ0v) is 6.84.